The van der Waals surface area contributed by atoms with Gasteiger partial charge in [0, 0.05) is 12.2 Å². The summed E-state index contributed by atoms with van der Waals surface area (Å²) in [6, 6.07) is 4.61. The van der Waals surface area contributed by atoms with Gasteiger partial charge in [0.15, 0.2) is 10.2 Å². The van der Waals surface area contributed by atoms with Gasteiger partial charge < -0.3 is 4.74 Å². The number of pyridine rings is 1. The highest BCUT2D eigenvalue weighted by Gasteiger charge is 2.34. The molecule has 0 atom stereocenters. The first-order chi connectivity index (χ1) is 10.8. The summed E-state index contributed by atoms with van der Waals surface area (Å²) in [5, 5.41) is -0.293. The highest BCUT2D eigenvalue weighted by molar-refractivity contribution is 7.89. The van der Waals surface area contributed by atoms with Crippen LogP contribution in [-0.2, 0) is 19.6 Å². The zero-order chi connectivity index (χ0) is 17.2. The van der Waals surface area contributed by atoms with Crippen molar-refractivity contribution < 1.29 is 17.9 Å². The molecule has 7 nitrogen and oxygen atoms in total. The Labute approximate surface area is 139 Å². The molecule has 0 N–H and O–H groups in total. The molecule has 0 saturated heterocycles. The van der Waals surface area contributed by atoms with E-state index in [4.69, 9.17) is 16.3 Å². The summed E-state index contributed by atoms with van der Waals surface area (Å²) < 4.78 is 33.3. The van der Waals surface area contributed by atoms with Crippen molar-refractivity contribution in [2.24, 2.45) is 0 Å². The molecule has 2 aromatic heterocycles. The molecular formula is C14H18ClN3O4S. The topological polar surface area (TPSA) is 81.0 Å². The lowest BCUT2D eigenvalue weighted by atomic mass is 10.4. The largest absolute Gasteiger partial charge is 0.465 e. The first kappa shape index (κ1) is 17.7. The summed E-state index contributed by atoms with van der Waals surface area (Å²) in [4.78, 5) is 15.8. The molecule has 0 unspecified atom stereocenters. The Morgan fingerprint density at radius 3 is 2.74 bits per heavy atom. The van der Waals surface area contributed by atoms with Gasteiger partial charge in [0.2, 0.25) is 0 Å². The maximum Gasteiger partial charge on any atom is 0.321 e. The molecule has 0 aromatic carbocycles. The minimum Gasteiger partial charge on any atom is -0.465 e. The molecule has 23 heavy (non-hydrogen) atoms. The molecule has 0 spiro atoms. The molecule has 2 heterocycles. The quantitative estimate of drug-likeness (QED) is 0.736. The molecule has 0 aliphatic heterocycles. The minimum absolute atomic E-state index is 0.134. The Morgan fingerprint density at radius 2 is 2.13 bits per heavy atom. The molecule has 2 aromatic rings. The van der Waals surface area contributed by atoms with Gasteiger partial charge in [-0.1, -0.05) is 17.7 Å². The summed E-state index contributed by atoms with van der Waals surface area (Å²) in [6.45, 7) is 4.81. The second-order valence-corrected chi connectivity index (χ2v) is 7.25. The van der Waals surface area contributed by atoms with Crippen molar-refractivity contribution in [2.45, 2.75) is 31.8 Å². The minimum atomic E-state index is -4.03. The average Bonchev–Trinajstić information content (AvgIpc) is 2.81. The first-order valence-corrected chi connectivity index (χ1v) is 8.91. The lowest BCUT2D eigenvalue weighted by Crippen LogP contribution is -2.41. The summed E-state index contributed by atoms with van der Waals surface area (Å²) in [7, 11) is -4.03. The van der Waals surface area contributed by atoms with Crippen LogP contribution in [-0.4, -0.2) is 47.3 Å². The van der Waals surface area contributed by atoms with Crippen LogP contribution >= 0.6 is 11.6 Å². The van der Waals surface area contributed by atoms with Crippen LogP contribution < -0.4 is 0 Å². The van der Waals surface area contributed by atoms with Crippen molar-refractivity contribution in [1.29, 1.82) is 0 Å². The van der Waals surface area contributed by atoms with Gasteiger partial charge in [0.1, 0.15) is 12.2 Å². The SMILES string of the molecule is CCOC(=O)CN(C(C)C)S(=O)(=O)c1c(Cl)nc2ccccn12. The number of rotatable bonds is 6. The zero-order valence-electron chi connectivity index (χ0n) is 13.1. The average molecular weight is 360 g/mol. The summed E-state index contributed by atoms with van der Waals surface area (Å²) in [5.74, 6) is -0.616. The number of aromatic nitrogens is 2. The molecule has 126 valence electrons. The van der Waals surface area contributed by atoms with Gasteiger partial charge in [0.25, 0.3) is 10.0 Å². The van der Waals surface area contributed by atoms with E-state index in [0.717, 1.165) is 4.31 Å². The van der Waals surface area contributed by atoms with E-state index in [1.54, 1.807) is 45.2 Å². The number of carbonyl (C=O) groups excluding carboxylic acids is 1. The van der Waals surface area contributed by atoms with E-state index in [9.17, 15) is 13.2 Å². The van der Waals surface area contributed by atoms with Crippen LogP contribution in [0.15, 0.2) is 29.4 Å². The predicted octanol–water partition coefficient (Wildman–Crippen LogP) is 1.95. The lowest BCUT2D eigenvalue weighted by Gasteiger charge is -2.24. The van der Waals surface area contributed by atoms with Crippen LogP contribution in [0, 0.1) is 0 Å². The smallest absolute Gasteiger partial charge is 0.321 e. The number of fused-ring (bicyclic) bond motifs is 1. The van der Waals surface area contributed by atoms with Gasteiger partial charge in [0.05, 0.1) is 6.61 Å². The predicted molar refractivity (Wildman–Crippen MR) is 85.9 cm³/mol. The summed E-state index contributed by atoms with van der Waals surface area (Å²) in [6.07, 6.45) is 1.56. The molecule has 0 aliphatic carbocycles. The zero-order valence-corrected chi connectivity index (χ0v) is 14.6. The number of hydrogen-bond donors (Lipinski definition) is 0. The van der Waals surface area contributed by atoms with Crippen molar-refractivity contribution in [2.75, 3.05) is 13.2 Å². The standard InChI is InChI=1S/C14H18ClN3O4S/c1-4-22-12(19)9-18(10(2)3)23(20,21)14-13(15)16-11-7-5-6-8-17(11)14/h5-8,10H,4,9H2,1-3H3. The maximum atomic E-state index is 13.0. The van der Waals surface area contributed by atoms with Crippen LogP contribution in [0.4, 0.5) is 0 Å². The second-order valence-electron chi connectivity index (χ2n) is 5.09. The first-order valence-electron chi connectivity index (χ1n) is 7.09. The fraction of sp³-hybridized carbons (Fsp3) is 0.429. The van der Waals surface area contributed by atoms with Gasteiger partial charge >= 0.3 is 5.97 Å². The number of carbonyl (C=O) groups is 1. The Hall–Kier alpha value is -1.64. The Morgan fingerprint density at radius 1 is 1.43 bits per heavy atom. The fourth-order valence-electron chi connectivity index (χ4n) is 2.17. The third-order valence-electron chi connectivity index (χ3n) is 3.17. The highest BCUT2D eigenvalue weighted by atomic mass is 35.5. The Balaban J connectivity index is 2.52. The molecule has 0 aliphatic rings. The van der Waals surface area contributed by atoms with Gasteiger partial charge in [-0.05, 0) is 32.9 Å². The molecular weight excluding hydrogens is 342 g/mol. The number of ether oxygens (including phenoxy) is 1. The molecule has 0 fully saturated rings. The van der Waals surface area contributed by atoms with Crippen LogP contribution in [0.1, 0.15) is 20.8 Å². The van der Waals surface area contributed by atoms with E-state index in [1.807, 2.05) is 0 Å². The van der Waals surface area contributed by atoms with Crippen LogP contribution in [0.25, 0.3) is 5.65 Å². The molecule has 0 bridgehead atoms. The van der Waals surface area contributed by atoms with Gasteiger partial charge in [-0.25, -0.2) is 13.4 Å². The van der Waals surface area contributed by atoms with E-state index in [0.29, 0.717) is 5.65 Å². The summed E-state index contributed by atoms with van der Waals surface area (Å²) >= 11 is 6.04. The molecule has 0 radical (unpaired) electrons. The van der Waals surface area contributed by atoms with Crippen LogP contribution in [0.3, 0.4) is 0 Å². The van der Waals surface area contributed by atoms with Gasteiger partial charge in [-0.3, -0.25) is 9.20 Å². The lowest BCUT2D eigenvalue weighted by molar-refractivity contribution is -0.143. The number of imidazole rings is 1. The number of hydrogen-bond acceptors (Lipinski definition) is 5. The normalized spacial score (nSPS) is 12.3. The van der Waals surface area contributed by atoms with E-state index >= 15 is 0 Å². The van der Waals surface area contributed by atoms with E-state index in [2.05, 4.69) is 4.98 Å². The highest BCUT2D eigenvalue weighted by Crippen LogP contribution is 2.26. The van der Waals surface area contributed by atoms with Gasteiger partial charge in [-0.15, -0.1) is 0 Å². The third-order valence-corrected chi connectivity index (χ3v) is 5.59. The fourth-order valence-corrected chi connectivity index (χ4v) is 4.35. The van der Waals surface area contributed by atoms with Gasteiger partial charge in [-0.2, -0.15) is 4.31 Å². The number of sulfonamides is 1. The van der Waals surface area contributed by atoms with E-state index in [-0.39, 0.29) is 23.3 Å². The van der Waals surface area contributed by atoms with Crippen molar-refractivity contribution in [3.8, 4) is 0 Å². The number of nitrogens with zero attached hydrogens (tertiary/aromatic N) is 3. The molecule has 2 rings (SSSR count). The second kappa shape index (κ2) is 6.86. The van der Waals surface area contributed by atoms with Crippen molar-refractivity contribution in [3.63, 3.8) is 0 Å². The Kier molecular flexibility index (Phi) is 5.28. The third kappa shape index (κ3) is 3.49. The Bertz CT molecular complexity index is 817. The van der Waals surface area contributed by atoms with E-state index < -0.39 is 22.0 Å². The van der Waals surface area contributed by atoms with E-state index in [1.165, 1.54) is 4.40 Å². The van der Waals surface area contributed by atoms with Crippen LogP contribution in [0.2, 0.25) is 5.15 Å². The maximum absolute atomic E-state index is 13.0. The molecule has 0 saturated carbocycles. The summed E-state index contributed by atoms with van der Waals surface area (Å²) in [5.41, 5.74) is 0.413. The van der Waals surface area contributed by atoms with Crippen LogP contribution in [0.5, 0.6) is 0 Å². The molecule has 0 amide bonds. The number of esters is 1. The van der Waals surface area contributed by atoms with Crippen molar-refractivity contribution >= 4 is 33.2 Å². The van der Waals surface area contributed by atoms with Crippen molar-refractivity contribution in [1.82, 2.24) is 13.7 Å². The molecule has 9 heteroatoms. The monoisotopic (exact) mass is 359 g/mol. The van der Waals surface area contributed by atoms with Crippen molar-refractivity contribution in [3.05, 3.63) is 29.5 Å². The number of halogens is 1.